The van der Waals surface area contributed by atoms with Crippen LogP contribution in [0.3, 0.4) is 0 Å². The van der Waals surface area contributed by atoms with Crippen molar-refractivity contribution in [1.29, 1.82) is 0 Å². The van der Waals surface area contributed by atoms with Gasteiger partial charge in [-0.15, -0.1) is 13.2 Å². The van der Waals surface area contributed by atoms with E-state index in [4.69, 9.17) is 4.98 Å². The minimum absolute atomic E-state index is 0.0936. The number of sulfonamides is 1. The molecule has 0 saturated heterocycles. The lowest BCUT2D eigenvalue weighted by Crippen LogP contribution is -2.32. The Balaban J connectivity index is 1.69. The predicted molar refractivity (Wildman–Crippen MR) is 149 cm³/mol. The van der Waals surface area contributed by atoms with Crippen LogP contribution in [0.15, 0.2) is 97.1 Å². The van der Waals surface area contributed by atoms with Gasteiger partial charge >= 0.3 is 0 Å². The van der Waals surface area contributed by atoms with E-state index in [1.54, 1.807) is 11.1 Å². The molecule has 0 aliphatic carbocycles. The van der Waals surface area contributed by atoms with Gasteiger partial charge in [-0.25, -0.2) is 13.4 Å². The highest BCUT2D eigenvalue weighted by Crippen LogP contribution is 2.32. The molecule has 0 radical (unpaired) electrons. The van der Waals surface area contributed by atoms with Gasteiger partial charge < -0.3 is 0 Å². The highest BCUT2D eigenvalue weighted by atomic mass is 32.2. The number of rotatable bonds is 11. The second kappa shape index (κ2) is 11.6. The summed E-state index contributed by atoms with van der Waals surface area (Å²) in [6.07, 6.45) is 5.64. The average Bonchev–Trinajstić information content (AvgIpc) is 3.35. The number of carbonyl (C=O) groups is 1. The Labute approximate surface area is 221 Å². The zero-order chi connectivity index (χ0) is 26.4. The Hall–Kier alpha value is -3.66. The van der Waals surface area contributed by atoms with Crippen LogP contribution in [-0.4, -0.2) is 41.7 Å². The number of nitrogens with zero attached hydrogens (tertiary/aromatic N) is 4. The molecule has 1 amide bonds. The van der Waals surface area contributed by atoms with E-state index in [0.717, 1.165) is 16.6 Å². The van der Waals surface area contributed by atoms with Gasteiger partial charge in [-0.2, -0.15) is 4.31 Å². The molecule has 4 aromatic rings. The standard InChI is InChI=1S/C28H28N4O3S2/c1-4-17-31(18-5-2)37(34,35)24-13-11-22(12-14-24)27(33)32(20-23-9-7-8-16-29-23)28-30-25-15-10-21(6-3)19-26(25)36-28/h4-5,7-16,19H,1-2,6,17-18,20H2,3H3. The number of pyridine rings is 1. The molecule has 2 aromatic carbocycles. The van der Waals surface area contributed by atoms with Gasteiger partial charge in [-0.3, -0.25) is 14.7 Å². The summed E-state index contributed by atoms with van der Waals surface area (Å²) in [6.45, 7) is 9.91. The lowest BCUT2D eigenvalue weighted by molar-refractivity contribution is 0.0984. The Bertz CT molecular complexity index is 1500. The van der Waals surface area contributed by atoms with Gasteiger partial charge in [0.25, 0.3) is 5.91 Å². The minimum atomic E-state index is -3.77. The molecule has 0 bridgehead atoms. The maximum Gasteiger partial charge on any atom is 0.260 e. The number of carbonyl (C=O) groups excluding carboxylic acids is 1. The summed E-state index contributed by atoms with van der Waals surface area (Å²) < 4.78 is 28.4. The van der Waals surface area contributed by atoms with E-state index in [9.17, 15) is 13.2 Å². The second-order valence-electron chi connectivity index (χ2n) is 8.29. The van der Waals surface area contributed by atoms with Crippen molar-refractivity contribution in [2.24, 2.45) is 0 Å². The quantitative estimate of drug-likeness (QED) is 0.240. The average molecular weight is 533 g/mol. The predicted octanol–water partition coefficient (Wildman–Crippen LogP) is 5.46. The first kappa shape index (κ1) is 26.4. The normalized spacial score (nSPS) is 11.5. The molecule has 0 saturated carbocycles. The molecule has 0 aliphatic heterocycles. The number of thiazole rings is 1. The monoisotopic (exact) mass is 532 g/mol. The summed E-state index contributed by atoms with van der Waals surface area (Å²) in [4.78, 5) is 24.5. The van der Waals surface area contributed by atoms with Gasteiger partial charge in [0.1, 0.15) is 0 Å². The van der Waals surface area contributed by atoms with Crippen LogP contribution in [-0.2, 0) is 23.0 Å². The van der Waals surface area contributed by atoms with E-state index < -0.39 is 10.0 Å². The highest BCUT2D eigenvalue weighted by molar-refractivity contribution is 7.89. The van der Waals surface area contributed by atoms with Gasteiger partial charge in [-0.1, -0.05) is 42.5 Å². The molecule has 190 valence electrons. The Morgan fingerprint density at radius 3 is 2.38 bits per heavy atom. The summed E-state index contributed by atoms with van der Waals surface area (Å²) in [6, 6.07) is 17.6. The largest absolute Gasteiger partial charge is 0.278 e. The number of benzene rings is 2. The molecule has 2 aromatic heterocycles. The summed E-state index contributed by atoms with van der Waals surface area (Å²) >= 11 is 1.44. The lowest BCUT2D eigenvalue weighted by atomic mass is 10.2. The molecular formula is C28H28N4O3S2. The van der Waals surface area contributed by atoms with Crippen LogP contribution in [0.5, 0.6) is 0 Å². The fraction of sp³-hybridized carbons (Fsp3) is 0.179. The van der Waals surface area contributed by atoms with E-state index in [-0.39, 0.29) is 30.4 Å². The summed E-state index contributed by atoms with van der Waals surface area (Å²) in [5, 5.41) is 0.554. The Morgan fingerprint density at radius 1 is 1.03 bits per heavy atom. The number of hydrogen-bond donors (Lipinski definition) is 0. The van der Waals surface area contributed by atoms with Crippen LogP contribution in [0.25, 0.3) is 10.2 Å². The number of fused-ring (bicyclic) bond motifs is 1. The molecule has 9 heteroatoms. The topological polar surface area (TPSA) is 83.5 Å². The van der Waals surface area contributed by atoms with E-state index in [2.05, 4.69) is 31.1 Å². The first-order chi connectivity index (χ1) is 17.9. The molecule has 0 N–H and O–H groups in total. The number of aromatic nitrogens is 2. The first-order valence-electron chi connectivity index (χ1n) is 11.8. The van der Waals surface area contributed by atoms with E-state index in [1.165, 1.54) is 57.6 Å². The molecule has 0 unspecified atom stereocenters. The fourth-order valence-corrected chi connectivity index (χ4v) is 6.21. The van der Waals surface area contributed by atoms with Gasteiger partial charge in [0.15, 0.2) is 5.13 Å². The van der Waals surface area contributed by atoms with Crippen molar-refractivity contribution < 1.29 is 13.2 Å². The molecule has 0 spiro atoms. The van der Waals surface area contributed by atoms with Crippen molar-refractivity contribution in [3.05, 3.63) is 109 Å². The van der Waals surface area contributed by atoms with Gasteiger partial charge in [0.05, 0.1) is 27.4 Å². The first-order valence-corrected chi connectivity index (χ1v) is 14.1. The van der Waals surface area contributed by atoms with Gasteiger partial charge in [-0.05, 0) is 60.5 Å². The van der Waals surface area contributed by atoms with Crippen LogP contribution in [0.1, 0.15) is 28.5 Å². The Kier molecular flexibility index (Phi) is 8.27. The van der Waals surface area contributed by atoms with Gasteiger partial charge in [0, 0.05) is 24.8 Å². The highest BCUT2D eigenvalue weighted by Gasteiger charge is 2.25. The van der Waals surface area contributed by atoms with Crippen molar-refractivity contribution in [3.63, 3.8) is 0 Å². The molecule has 0 aliphatic rings. The third-order valence-electron chi connectivity index (χ3n) is 5.78. The van der Waals surface area contributed by atoms with Crippen LogP contribution in [0.2, 0.25) is 0 Å². The molecule has 0 atom stereocenters. The summed E-state index contributed by atoms with van der Waals surface area (Å²) in [5.74, 6) is -0.293. The van der Waals surface area contributed by atoms with Crippen molar-refractivity contribution in [2.45, 2.75) is 24.8 Å². The Morgan fingerprint density at radius 2 is 1.76 bits per heavy atom. The zero-order valence-corrected chi connectivity index (χ0v) is 22.2. The molecular weight excluding hydrogens is 504 g/mol. The molecule has 7 nitrogen and oxygen atoms in total. The zero-order valence-electron chi connectivity index (χ0n) is 20.6. The maximum atomic E-state index is 13.7. The number of aryl methyl sites for hydroxylation is 1. The number of hydrogen-bond acceptors (Lipinski definition) is 6. The van der Waals surface area contributed by atoms with Crippen molar-refractivity contribution in [1.82, 2.24) is 14.3 Å². The van der Waals surface area contributed by atoms with E-state index in [1.807, 2.05) is 30.3 Å². The second-order valence-corrected chi connectivity index (χ2v) is 11.2. The third kappa shape index (κ3) is 5.85. The van der Waals surface area contributed by atoms with Gasteiger partial charge in [0.2, 0.25) is 10.0 Å². The molecule has 0 fully saturated rings. The molecule has 2 heterocycles. The van der Waals surface area contributed by atoms with Crippen molar-refractivity contribution in [3.8, 4) is 0 Å². The van der Waals surface area contributed by atoms with Crippen LogP contribution < -0.4 is 4.90 Å². The summed E-state index contributed by atoms with van der Waals surface area (Å²) in [5.41, 5.74) is 3.08. The number of amides is 1. The van der Waals surface area contributed by atoms with Crippen molar-refractivity contribution in [2.75, 3.05) is 18.0 Å². The summed E-state index contributed by atoms with van der Waals surface area (Å²) in [7, 11) is -3.77. The van der Waals surface area contributed by atoms with Crippen LogP contribution in [0.4, 0.5) is 5.13 Å². The SMILES string of the molecule is C=CCN(CC=C)S(=O)(=O)c1ccc(C(=O)N(Cc2ccccn2)c2nc3ccc(CC)cc3s2)cc1. The van der Waals surface area contributed by atoms with Crippen LogP contribution >= 0.6 is 11.3 Å². The van der Waals surface area contributed by atoms with Crippen LogP contribution in [0, 0.1) is 0 Å². The smallest absolute Gasteiger partial charge is 0.260 e. The third-order valence-corrected chi connectivity index (χ3v) is 8.66. The lowest BCUT2D eigenvalue weighted by Gasteiger charge is -2.21. The maximum absolute atomic E-state index is 13.7. The van der Waals surface area contributed by atoms with E-state index >= 15 is 0 Å². The van der Waals surface area contributed by atoms with Crippen molar-refractivity contribution >= 4 is 42.6 Å². The van der Waals surface area contributed by atoms with E-state index in [0.29, 0.717) is 16.4 Å². The minimum Gasteiger partial charge on any atom is -0.278 e. The fourth-order valence-electron chi connectivity index (χ4n) is 3.81. The molecule has 4 rings (SSSR count). The molecule has 37 heavy (non-hydrogen) atoms. The number of anilines is 1.